The summed E-state index contributed by atoms with van der Waals surface area (Å²) in [6.45, 7) is 0.232. The first kappa shape index (κ1) is 18.1. The third kappa shape index (κ3) is 3.47. The van der Waals surface area contributed by atoms with E-state index in [9.17, 15) is 4.79 Å². The molecule has 1 aliphatic heterocycles. The van der Waals surface area contributed by atoms with Crippen LogP contribution in [0.5, 0.6) is 11.5 Å². The molecule has 1 aromatic heterocycles. The van der Waals surface area contributed by atoms with Crippen molar-refractivity contribution < 1.29 is 14.3 Å². The molecular formula is C23H19ClN2O3. The first-order valence-electron chi connectivity index (χ1n) is 9.62. The van der Waals surface area contributed by atoms with Gasteiger partial charge in [-0.05, 0) is 54.3 Å². The minimum absolute atomic E-state index is 0.171. The Labute approximate surface area is 173 Å². The van der Waals surface area contributed by atoms with E-state index in [4.69, 9.17) is 21.1 Å². The van der Waals surface area contributed by atoms with E-state index in [-0.39, 0.29) is 19.0 Å². The van der Waals surface area contributed by atoms with Crippen LogP contribution in [0.4, 0.5) is 0 Å². The van der Waals surface area contributed by atoms with Crippen LogP contribution < -0.4 is 9.47 Å². The average molecular weight is 407 g/mol. The van der Waals surface area contributed by atoms with E-state index in [1.807, 2.05) is 54.6 Å². The van der Waals surface area contributed by atoms with Gasteiger partial charge in [0.2, 0.25) is 6.79 Å². The molecule has 6 heteroatoms. The predicted molar refractivity (Wildman–Crippen MR) is 108 cm³/mol. The topological polar surface area (TPSA) is 61.3 Å². The highest BCUT2D eigenvalue weighted by Gasteiger charge is 2.51. The number of fused-ring (bicyclic) bond motifs is 1. The van der Waals surface area contributed by atoms with Crippen LogP contribution in [0.2, 0.25) is 5.02 Å². The fourth-order valence-corrected chi connectivity index (χ4v) is 4.00. The largest absolute Gasteiger partial charge is 0.454 e. The van der Waals surface area contributed by atoms with Crippen LogP contribution in [-0.4, -0.2) is 22.8 Å². The molecule has 2 heterocycles. The minimum atomic E-state index is -0.432. The second-order valence-corrected chi connectivity index (χ2v) is 7.94. The Morgan fingerprint density at radius 3 is 2.48 bits per heavy atom. The van der Waals surface area contributed by atoms with Gasteiger partial charge in [0.05, 0.1) is 23.2 Å². The molecule has 1 saturated carbocycles. The molecule has 0 radical (unpaired) electrons. The normalized spacial score (nSPS) is 15.9. The Morgan fingerprint density at radius 1 is 0.966 bits per heavy atom. The van der Waals surface area contributed by atoms with Gasteiger partial charge in [0.1, 0.15) is 5.78 Å². The van der Waals surface area contributed by atoms with Crippen molar-refractivity contribution in [3.63, 3.8) is 0 Å². The van der Waals surface area contributed by atoms with E-state index in [0.29, 0.717) is 22.9 Å². The summed E-state index contributed by atoms with van der Waals surface area (Å²) in [7, 11) is 0. The van der Waals surface area contributed by atoms with Gasteiger partial charge in [-0.3, -0.25) is 4.79 Å². The molecule has 0 amide bonds. The summed E-state index contributed by atoms with van der Waals surface area (Å²) in [6, 6.07) is 17.3. The van der Waals surface area contributed by atoms with Crippen molar-refractivity contribution in [2.45, 2.75) is 31.1 Å². The monoisotopic (exact) mass is 406 g/mol. The van der Waals surface area contributed by atoms with E-state index in [1.165, 1.54) is 0 Å². The first-order chi connectivity index (χ1) is 14.1. The Balaban J connectivity index is 1.29. The van der Waals surface area contributed by atoms with Gasteiger partial charge >= 0.3 is 0 Å². The molecule has 146 valence electrons. The zero-order valence-corrected chi connectivity index (χ0v) is 16.5. The van der Waals surface area contributed by atoms with Crippen molar-refractivity contribution in [3.8, 4) is 11.5 Å². The maximum absolute atomic E-state index is 13.1. The van der Waals surface area contributed by atoms with Crippen molar-refractivity contribution in [1.82, 2.24) is 10.2 Å². The highest BCUT2D eigenvalue weighted by molar-refractivity contribution is 6.31. The molecule has 0 saturated heterocycles. The van der Waals surface area contributed by atoms with Crippen LogP contribution >= 0.6 is 11.6 Å². The summed E-state index contributed by atoms with van der Waals surface area (Å²) < 4.78 is 10.8. The lowest BCUT2D eigenvalue weighted by Gasteiger charge is -2.15. The summed E-state index contributed by atoms with van der Waals surface area (Å²) in [5.41, 5.74) is 3.08. The van der Waals surface area contributed by atoms with E-state index in [0.717, 1.165) is 35.4 Å². The smallest absolute Gasteiger partial charge is 0.231 e. The number of hydrogen-bond donors (Lipinski definition) is 0. The molecule has 29 heavy (non-hydrogen) atoms. The van der Waals surface area contributed by atoms with Gasteiger partial charge in [0, 0.05) is 11.4 Å². The molecule has 0 atom stereocenters. The first-order valence-corrected chi connectivity index (χ1v) is 10.0. The fraction of sp³-hybridized carbons (Fsp3) is 0.261. The predicted octanol–water partition coefficient (Wildman–Crippen LogP) is 4.29. The number of aromatic nitrogens is 2. The van der Waals surface area contributed by atoms with Crippen molar-refractivity contribution in [2.75, 3.05) is 6.79 Å². The van der Waals surface area contributed by atoms with Gasteiger partial charge < -0.3 is 9.47 Å². The fourth-order valence-electron chi connectivity index (χ4n) is 3.79. The molecule has 5 rings (SSSR count). The van der Waals surface area contributed by atoms with Gasteiger partial charge in [-0.15, -0.1) is 0 Å². The van der Waals surface area contributed by atoms with Crippen LogP contribution in [0.3, 0.4) is 0 Å². The summed E-state index contributed by atoms with van der Waals surface area (Å²) in [4.78, 5) is 13.1. The molecule has 0 N–H and O–H groups in total. The lowest BCUT2D eigenvalue weighted by atomic mass is 9.88. The highest BCUT2D eigenvalue weighted by Crippen LogP contribution is 2.51. The lowest BCUT2D eigenvalue weighted by Crippen LogP contribution is -2.23. The van der Waals surface area contributed by atoms with Gasteiger partial charge in [-0.25, -0.2) is 0 Å². The number of ketones is 1. The Hall–Kier alpha value is -2.92. The van der Waals surface area contributed by atoms with Crippen LogP contribution in [-0.2, 0) is 23.1 Å². The molecule has 3 aromatic rings. The Bertz CT molecular complexity index is 1080. The van der Waals surface area contributed by atoms with Gasteiger partial charge in [-0.1, -0.05) is 35.9 Å². The minimum Gasteiger partial charge on any atom is -0.454 e. The number of rotatable bonds is 6. The zero-order valence-electron chi connectivity index (χ0n) is 15.7. The quantitative estimate of drug-likeness (QED) is 0.611. The Kier molecular flexibility index (Phi) is 4.47. The molecule has 2 aliphatic rings. The van der Waals surface area contributed by atoms with Gasteiger partial charge in [0.15, 0.2) is 11.5 Å². The van der Waals surface area contributed by atoms with E-state index < -0.39 is 5.41 Å². The van der Waals surface area contributed by atoms with Crippen molar-refractivity contribution >= 4 is 17.4 Å². The van der Waals surface area contributed by atoms with Crippen molar-refractivity contribution in [3.05, 3.63) is 82.1 Å². The van der Waals surface area contributed by atoms with E-state index in [2.05, 4.69) is 10.2 Å². The van der Waals surface area contributed by atoms with E-state index in [1.54, 1.807) is 0 Å². The number of ether oxygens (including phenoxy) is 2. The molecule has 0 unspecified atom stereocenters. The van der Waals surface area contributed by atoms with Gasteiger partial charge in [0.25, 0.3) is 0 Å². The number of nitrogens with zero attached hydrogens (tertiary/aromatic N) is 2. The average Bonchev–Trinajstić information content (AvgIpc) is 3.42. The van der Waals surface area contributed by atoms with Gasteiger partial charge in [-0.2, -0.15) is 10.2 Å². The van der Waals surface area contributed by atoms with Crippen molar-refractivity contribution in [2.24, 2.45) is 0 Å². The van der Waals surface area contributed by atoms with Crippen LogP contribution in [0, 0.1) is 0 Å². The number of carbonyl (C=O) groups is 1. The van der Waals surface area contributed by atoms with Crippen molar-refractivity contribution in [1.29, 1.82) is 0 Å². The van der Waals surface area contributed by atoms with E-state index >= 15 is 0 Å². The number of halogens is 1. The third-order valence-corrected chi connectivity index (χ3v) is 6.02. The number of Topliss-reactive ketones (excluding diaryl/α,β-unsaturated/α-hetero) is 1. The molecule has 1 aliphatic carbocycles. The molecule has 1 fully saturated rings. The SMILES string of the molecule is O=C(Cc1ccc(Cc2ccccc2Cl)nn1)C1(c2ccc3c(c2)OCO3)CC1. The maximum Gasteiger partial charge on any atom is 0.231 e. The zero-order chi connectivity index (χ0) is 19.8. The molecule has 5 nitrogen and oxygen atoms in total. The molecule has 0 bridgehead atoms. The molecule has 0 spiro atoms. The number of hydrogen-bond acceptors (Lipinski definition) is 5. The summed E-state index contributed by atoms with van der Waals surface area (Å²) >= 11 is 6.22. The standard InChI is InChI=1S/C23H19ClN2O3/c24-19-4-2-1-3-15(19)11-17-6-7-18(26-25-17)13-22(27)23(9-10-23)16-5-8-20-21(12-16)29-14-28-20/h1-8,12H,9-11,13-14H2. The second kappa shape index (κ2) is 7.16. The molecular weight excluding hydrogens is 388 g/mol. The van der Waals surface area contributed by atoms with Crippen LogP contribution in [0.15, 0.2) is 54.6 Å². The van der Waals surface area contributed by atoms with Crippen LogP contribution in [0.1, 0.15) is 35.4 Å². The number of benzene rings is 2. The maximum atomic E-state index is 13.1. The summed E-state index contributed by atoms with van der Waals surface area (Å²) in [5, 5.41) is 9.29. The number of carbonyl (C=O) groups excluding carboxylic acids is 1. The third-order valence-electron chi connectivity index (χ3n) is 5.65. The lowest BCUT2D eigenvalue weighted by molar-refractivity contribution is -0.120. The molecule has 2 aromatic carbocycles. The van der Waals surface area contributed by atoms with Crippen LogP contribution in [0.25, 0.3) is 0 Å². The summed E-state index contributed by atoms with van der Waals surface area (Å²) in [5.74, 6) is 1.62. The Morgan fingerprint density at radius 2 is 1.72 bits per heavy atom. The highest BCUT2D eigenvalue weighted by atomic mass is 35.5. The summed E-state index contributed by atoms with van der Waals surface area (Å²) in [6.07, 6.45) is 2.59. The second-order valence-electron chi connectivity index (χ2n) is 7.53.